The number of ether oxygens (including phenoxy) is 1. The highest BCUT2D eigenvalue weighted by molar-refractivity contribution is 7.17. The number of hydrogen-bond donors (Lipinski definition) is 0. The van der Waals surface area contributed by atoms with Gasteiger partial charge in [-0.05, 0) is 17.9 Å². The Morgan fingerprint density at radius 1 is 1.53 bits per heavy atom. The molecule has 6 heteroatoms. The van der Waals surface area contributed by atoms with E-state index in [1.165, 1.54) is 16.2 Å². The van der Waals surface area contributed by atoms with Crippen LogP contribution in [-0.2, 0) is 17.8 Å². The molecule has 0 spiro atoms. The molecule has 0 fully saturated rings. The number of likely N-dealkylation sites (N-methyl/N-ethyl adjacent to an activating group) is 1. The van der Waals surface area contributed by atoms with Crippen LogP contribution >= 0.6 is 22.7 Å². The number of aromatic nitrogens is 1. The van der Waals surface area contributed by atoms with Crippen LogP contribution in [0.1, 0.15) is 20.2 Å². The highest BCUT2D eigenvalue weighted by Gasteiger charge is 2.13. The molecule has 2 aromatic heterocycles. The molecule has 0 saturated heterocycles. The number of thiazole rings is 1. The van der Waals surface area contributed by atoms with Crippen LogP contribution in [0.2, 0.25) is 0 Å². The summed E-state index contributed by atoms with van der Waals surface area (Å²) in [5.41, 5.74) is 0.723. The third-order valence-corrected chi connectivity index (χ3v) is 4.78. The normalized spacial score (nSPS) is 10.6. The van der Waals surface area contributed by atoms with E-state index in [1.807, 2.05) is 7.05 Å². The molecule has 0 N–H and O–H groups in total. The minimum absolute atomic E-state index is 0.378. The van der Waals surface area contributed by atoms with E-state index in [0.717, 1.165) is 30.1 Å². The van der Waals surface area contributed by atoms with E-state index in [2.05, 4.69) is 27.4 Å². The first-order chi connectivity index (χ1) is 9.24. The minimum atomic E-state index is 0.378. The van der Waals surface area contributed by atoms with Gasteiger partial charge in [0.15, 0.2) is 11.4 Å². The summed E-state index contributed by atoms with van der Waals surface area (Å²) in [6.07, 6.45) is 1.84. The molecule has 0 amide bonds. The van der Waals surface area contributed by atoms with Gasteiger partial charge in [-0.2, -0.15) is 0 Å². The lowest BCUT2D eigenvalue weighted by atomic mass is 10.3. The molecule has 0 aliphatic rings. The topological polar surface area (TPSA) is 42.4 Å². The predicted octanol–water partition coefficient (Wildman–Crippen LogP) is 2.84. The first-order valence-corrected chi connectivity index (χ1v) is 7.61. The Morgan fingerprint density at radius 2 is 2.37 bits per heavy atom. The number of rotatable bonds is 7. The summed E-state index contributed by atoms with van der Waals surface area (Å²) in [5.74, 6) is 0. The van der Waals surface area contributed by atoms with Crippen molar-refractivity contribution in [2.24, 2.45) is 0 Å². The van der Waals surface area contributed by atoms with Crippen molar-refractivity contribution >= 4 is 34.1 Å². The van der Waals surface area contributed by atoms with E-state index in [0.29, 0.717) is 11.5 Å². The van der Waals surface area contributed by atoms with Gasteiger partial charge in [0.2, 0.25) is 0 Å². The highest BCUT2D eigenvalue weighted by Crippen LogP contribution is 2.25. The van der Waals surface area contributed by atoms with Gasteiger partial charge in [0.1, 0.15) is 0 Å². The number of carbonyl (C=O) groups excluding carboxylic acids is 1. The maximum absolute atomic E-state index is 11.0. The Balaban J connectivity index is 2.01. The van der Waals surface area contributed by atoms with Crippen molar-refractivity contribution < 1.29 is 9.53 Å². The minimum Gasteiger partial charge on any atom is -0.378 e. The van der Waals surface area contributed by atoms with Crippen LogP contribution in [0.4, 0.5) is 5.13 Å². The molecule has 0 unspecified atom stereocenters. The second kappa shape index (κ2) is 6.79. The Labute approximate surface area is 120 Å². The summed E-state index contributed by atoms with van der Waals surface area (Å²) in [6, 6.07) is 4.19. The number of methoxy groups -OCH3 is 1. The molecule has 0 aliphatic heterocycles. The van der Waals surface area contributed by atoms with Gasteiger partial charge in [0.05, 0.1) is 17.2 Å². The fraction of sp³-hybridized carbons (Fsp3) is 0.385. The Kier molecular flexibility index (Phi) is 5.07. The van der Waals surface area contributed by atoms with Crippen LogP contribution in [0.15, 0.2) is 17.5 Å². The first-order valence-electron chi connectivity index (χ1n) is 5.92. The molecule has 0 aromatic carbocycles. The maximum atomic E-state index is 11.0. The molecular weight excluding hydrogens is 280 g/mol. The van der Waals surface area contributed by atoms with Crippen molar-refractivity contribution in [2.75, 3.05) is 25.6 Å². The first kappa shape index (κ1) is 14.2. The van der Waals surface area contributed by atoms with Gasteiger partial charge < -0.3 is 9.64 Å². The SMILES string of the molecule is COCc1nc(N(C)CCc2cccs2)sc1C=O. The number of nitrogens with zero attached hydrogens (tertiary/aromatic N) is 2. The summed E-state index contributed by atoms with van der Waals surface area (Å²) in [4.78, 5) is 19.5. The third kappa shape index (κ3) is 3.62. The number of hydrogen-bond acceptors (Lipinski definition) is 6. The van der Waals surface area contributed by atoms with Crippen LogP contribution in [0.3, 0.4) is 0 Å². The van der Waals surface area contributed by atoms with Gasteiger partial charge in [0.25, 0.3) is 0 Å². The molecule has 2 aromatic rings. The lowest BCUT2D eigenvalue weighted by Gasteiger charge is -2.14. The Bertz CT molecular complexity index is 523. The molecule has 0 bridgehead atoms. The Morgan fingerprint density at radius 3 is 3.00 bits per heavy atom. The molecular formula is C13H16N2O2S2. The van der Waals surface area contributed by atoms with Gasteiger partial charge in [-0.1, -0.05) is 17.4 Å². The summed E-state index contributed by atoms with van der Waals surface area (Å²) in [7, 11) is 3.60. The zero-order valence-corrected chi connectivity index (χ0v) is 12.6. The molecule has 4 nitrogen and oxygen atoms in total. The molecule has 0 atom stereocenters. The van der Waals surface area contributed by atoms with E-state index in [9.17, 15) is 4.79 Å². The van der Waals surface area contributed by atoms with Crippen LogP contribution < -0.4 is 4.90 Å². The monoisotopic (exact) mass is 296 g/mol. The maximum Gasteiger partial charge on any atom is 0.186 e. The number of anilines is 1. The zero-order chi connectivity index (χ0) is 13.7. The fourth-order valence-corrected chi connectivity index (χ4v) is 3.24. The third-order valence-electron chi connectivity index (χ3n) is 2.70. The lowest BCUT2D eigenvalue weighted by Crippen LogP contribution is -2.19. The van der Waals surface area contributed by atoms with Crippen molar-refractivity contribution in [1.29, 1.82) is 0 Å². The smallest absolute Gasteiger partial charge is 0.186 e. The molecule has 19 heavy (non-hydrogen) atoms. The quantitative estimate of drug-likeness (QED) is 0.737. The molecule has 0 saturated carbocycles. The average molecular weight is 296 g/mol. The molecule has 2 rings (SSSR count). The fourth-order valence-electron chi connectivity index (χ4n) is 1.67. The number of carbonyl (C=O) groups is 1. The molecule has 2 heterocycles. The van der Waals surface area contributed by atoms with E-state index in [-0.39, 0.29) is 0 Å². The van der Waals surface area contributed by atoms with Crippen molar-refractivity contribution in [3.63, 3.8) is 0 Å². The van der Waals surface area contributed by atoms with Gasteiger partial charge >= 0.3 is 0 Å². The molecule has 102 valence electrons. The largest absolute Gasteiger partial charge is 0.378 e. The van der Waals surface area contributed by atoms with Gasteiger partial charge in [-0.3, -0.25) is 4.79 Å². The second-order valence-corrected chi connectivity index (χ2v) is 6.15. The van der Waals surface area contributed by atoms with E-state index < -0.39 is 0 Å². The van der Waals surface area contributed by atoms with Crippen molar-refractivity contribution in [3.8, 4) is 0 Å². The van der Waals surface area contributed by atoms with Crippen molar-refractivity contribution in [3.05, 3.63) is 33.0 Å². The van der Waals surface area contributed by atoms with E-state index >= 15 is 0 Å². The van der Waals surface area contributed by atoms with E-state index in [4.69, 9.17) is 4.74 Å². The van der Waals surface area contributed by atoms with Crippen LogP contribution in [0.25, 0.3) is 0 Å². The summed E-state index contributed by atoms with van der Waals surface area (Å²) in [5, 5.41) is 2.95. The standard InChI is InChI=1S/C13H16N2O2S2/c1-15(6-5-10-4-3-7-18-10)13-14-11(9-17-2)12(8-16)19-13/h3-4,7-8H,5-6,9H2,1-2H3. The molecule has 0 radical (unpaired) electrons. The van der Waals surface area contributed by atoms with Crippen molar-refractivity contribution in [2.45, 2.75) is 13.0 Å². The zero-order valence-electron chi connectivity index (χ0n) is 11.0. The second-order valence-electron chi connectivity index (χ2n) is 4.11. The van der Waals surface area contributed by atoms with Crippen LogP contribution in [0, 0.1) is 0 Å². The van der Waals surface area contributed by atoms with Crippen molar-refractivity contribution in [1.82, 2.24) is 4.98 Å². The van der Waals surface area contributed by atoms with Gasteiger partial charge in [0, 0.05) is 25.6 Å². The summed E-state index contributed by atoms with van der Waals surface area (Å²) in [6.45, 7) is 1.27. The number of aldehydes is 1. The van der Waals surface area contributed by atoms with Gasteiger partial charge in [-0.15, -0.1) is 11.3 Å². The Hall–Kier alpha value is -1.24. The highest BCUT2D eigenvalue weighted by atomic mass is 32.1. The van der Waals surface area contributed by atoms with Crippen LogP contribution in [-0.4, -0.2) is 32.0 Å². The lowest BCUT2D eigenvalue weighted by molar-refractivity contribution is 0.112. The average Bonchev–Trinajstić information content (AvgIpc) is 3.05. The molecule has 0 aliphatic carbocycles. The predicted molar refractivity (Wildman–Crippen MR) is 79.5 cm³/mol. The summed E-state index contributed by atoms with van der Waals surface area (Å²) < 4.78 is 5.05. The van der Waals surface area contributed by atoms with E-state index in [1.54, 1.807) is 18.4 Å². The summed E-state index contributed by atoms with van der Waals surface area (Å²) >= 11 is 3.18. The number of thiophene rings is 1. The van der Waals surface area contributed by atoms with Crippen LogP contribution in [0.5, 0.6) is 0 Å². The van der Waals surface area contributed by atoms with Gasteiger partial charge in [-0.25, -0.2) is 4.98 Å².